The molecule has 0 aliphatic carbocycles. The minimum absolute atomic E-state index is 0.664. The number of hydrogen-bond donors (Lipinski definition) is 2. The van der Waals surface area contributed by atoms with Gasteiger partial charge in [0.1, 0.15) is 7.28 Å². The lowest BCUT2D eigenvalue weighted by molar-refractivity contribution is 0.0430. The molecule has 0 aromatic carbocycles. The first kappa shape index (κ1) is 13.4. The van der Waals surface area contributed by atoms with Crippen molar-refractivity contribution in [3.8, 4) is 0 Å². The summed E-state index contributed by atoms with van der Waals surface area (Å²) in [6, 6.07) is 0. The third-order valence-corrected chi connectivity index (χ3v) is 2.15. The van der Waals surface area contributed by atoms with Gasteiger partial charge in [0, 0.05) is 19.0 Å². The fourth-order valence-electron chi connectivity index (χ4n) is 1.27. The van der Waals surface area contributed by atoms with Gasteiger partial charge in [-0.05, 0) is 0 Å². The number of ether oxygens (including phenoxy) is 2. The van der Waals surface area contributed by atoms with Crippen LogP contribution in [0.5, 0.6) is 0 Å². The summed E-state index contributed by atoms with van der Waals surface area (Å²) in [6.07, 6.45) is 5.92. The molecule has 6 heteroatoms. The molecule has 91 valence electrons. The topological polar surface area (TPSA) is 45.8 Å². The van der Waals surface area contributed by atoms with E-state index in [0.29, 0.717) is 19.8 Å². The molecule has 5 nitrogen and oxygen atoms in total. The van der Waals surface area contributed by atoms with Gasteiger partial charge in [-0.25, -0.2) is 0 Å². The highest BCUT2D eigenvalue weighted by molar-refractivity contribution is 6.35. The molecule has 2 N–H and O–H groups in total. The van der Waals surface area contributed by atoms with Crippen molar-refractivity contribution >= 4 is 7.28 Å². The summed E-state index contributed by atoms with van der Waals surface area (Å²) in [5.74, 6) is 0. The summed E-state index contributed by atoms with van der Waals surface area (Å²) in [6.45, 7) is 5.81. The highest BCUT2D eigenvalue weighted by Crippen LogP contribution is 1.89. The first-order valence-electron chi connectivity index (χ1n) is 5.85. The zero-order chi connectivity index (χ0) is 11.5. The Labute approximate surface area is 98.3 Å². The smallest absolute Gasteiger partial charge is 0.112 e. The van der Waals surface area contributed by atoms with Gasteiger partial charge in [-0.1, -0.05) is 19.6 Å². The molecule has 0 atom stereocenters. The second-order valence-corrected chi connectivity index (χ2v) is 3.48. The lowest BCUT2D eigenvalue weighted by Gasteiger charge is -2.14. The third-order valence-electron chi connectivity index (χ3n) is 2.15. The molecule has 16 heavy (non-hydrogen) atoms. The highest BCUT2D eigenvalue weighted by Gasteiger charge is 2.00. The van der Waals surface area contributed by atoms with Crippen LogP contribution in [0.3, 0.4) is 0 Å². The van der Waals surface area contributed by atoms with E-state index >= 15 is 0 Å². The molecular weight excluding hydrogens is 205 g/mol. The van der Waals surface area contributed by atoms with E-state index in [-0.39, 0.29) is 0 Å². The van der Waals surface area contributed by atoms with Gasteiger partial charge >= 0.3 is 0 Å². The van der Waals surface area contributed by atoms with Crippen LogP contribution in [0, 0.1) is 0 Å². The van der Waals surface area contributed by atoms with Crippen LogP contribution in [-0.4, -0.2) is 45.3 Å². The van der Waals surface area contributed by atoms with E-state index in [1.165, 1.54) is 0 Å². The van der Waals surface area contributed by atoms with Crippen molar-refractivity contribution in [3.05, 3.63) is 12.4 Å². The fourth-order valence-corrected chi connectivity index (χ4v) is 1.27. The molecule has 0 bridgehead atoms. The second kappa shape index (κ2) is 9.51. The Morgan fingerprint density at radius 2 is 2.00 bits per heavy atom. The Bertz CT molecular complexity index is 193. The van der Waals surface area contributed by atoms with Gasteiger partial charge in [-0.3, -0.25) is 5.01 Å². The van der Waals surface area contributed by atoms with Gasteiger partial charge in [0.2, 0.25) is 0 Å². The normalized spacial score (nSPS) is 14.2. The predicted molar refractivity (Wildman–Crippen MR) is 64.8 cm³/mol. The molecule has 0 saturated heterocycles. The quantitative estimate of drug-likeness (QED) is 0.416. The van der Waals surface area contributed by atoms with E-state index in [1.807, 2.05) is 17.4 Å². The number of hydrazine groups is 2. The maximum atomic E-state index is 5.42. The minimum Gasteiger partial charge on any atom is -0.380 e. The van der Waals surface area contributed by atoms with Crippen molar-refractivity contribution in [2.24, 2.45) is 0 Å². The highest BCUT2D eigenvalue weighted by atomic mass is 16.5. The molecule has 0 amide bonds. The molecule has 0 aromatic rings. The molecule has 1 radical (unpaired) electrons. The van der Waals surface area contributed by atoms with Crippen LogP contribution in [0.2, 0.25) is 12.6 Å². The van der Waals surface area contributed by atoms with E-state index in [2.05, 4.69) is 25.2 Å². The van der Waals surface area contributed by atoms with Crippen molar-refractivity contribution in [3.63, 3.8) is 0 Å². The summed E-state index contributed by atoms with van der Waals surface area (Å²) in [5.41, 5.74) is 5.80. The van der Waals surface area contributed by atoms with Crippen LogP contribution in [0.25, 0.3) is 0 Å². The van der Waals surface area contributed by atoms with Gasteiger partial charge in [-0.2, -0.15) is 0 Å². The predicted octanol–water partition coefficient (Wildman–Crippen LogP) is 0.376. The van der Waals surface area contributed by atoms with Crippen molar-refractivity contribution in [1.29, 1.82) is 0 Å². The van der Waals surface area contributed by atoms with Crippen molar-refractivity contribution < 1.29 is 9.47 Å². The van der Waals surface area contributed by atoms with Crippen LogP contribution in [0.4, 0.5) is 0 Å². The molecule has 0 saturated carbocycles. The van der Waals surface area contributed by atoms with Crippen molar-refractivity contribution in [1.82, 2.24) is 16.0 Å². The zero-order valence-electron chi connectivity index (χ0n) is 9.95. The lowest BCUT2D eigenvalue weighted by Crippen LogP contribution is -2.37. The maximum Gasteiger partial charge on any atom is 0.112 e. The second-order valence-electron chi connectivity index (χ2n) is 3.48. The average molecular weight is 226 g/mol. The zero-order valence-corrected chi connectivity index (χ0v) is 9.95. The van der Waals surface area contributed by atoms with E-state index in [9.17, 15) is 0 Å². The summed E-state index contributed by atoms with van der Waals surface area (Å²) < 4.78 is 10.8. The van der Waals surface area contributed by atoms with Crippen LogP contribution < -0.4 is 11.0 Å². The van der Waals surface area contributed by atoms with Gasteiger partial charge in [0.05, 0.1) is 26.4 Å². The average Bonchev–Trinajstić information content (AvgIpc) is 2.80. The molecule has 0 fully saturated rings. The Hall–Kier alpha value is -0.715. The van der Waals surface area contributed by atoms with Gasteiger partial charge in [0.15, 0.2) is 0 Å². The molecule has 1 aliphatic rings. The van der Waals surface area contributed by atoms with E-state index < -0.39 is 0 Å². The summed E-state index contributed by atoms with van der Waals surface area (Å²) in [7, 11) is 2.22. The molecule has 1 aliphatic heterocycles. The largest absolute Gasteiger partial charge is 0.380 e. The molecule has 0 aromatic heterocycles. The van der Waals surface area contributed by atoms with Crippen LogP contribution in [0.1, 0.15) is 6.92 Å². The minimum atomic E-state index is 0.664. The Balaban J connectivity index is 1.73. The summed E-state index contributed by atoms with van der Waals surface area (Å²) in [5, 5.41) is 1.93. The Morgan fingerprint density at radius 1 is 1.19 bits per heavy atom. The standard InChI is InChI=1S/C10H21BN3O2/c1-2-11-3-7-15-9-10-16-8-6-14-5-4-12-13-14/h4-5,12-13H,2-3,6-10H2,1H3. The number of rotatable bonds is 10. The third kappa shape index (κ3) is 6.71. The lowest BCUT2D eigenvalue weighted by atomic mass is 9.72. The first-order valence-corrected chi connectivity index (χ1v) is 5.85. The molecular formula is C10H21BN3O2. The van der Waals surface area contributed by atoms with Gasteiger partial charge in [0.25, 0.3) is 0 Å². The fraction of sp³-hybridized carbons (Fsp3) is 0.800. The molecule has 1 heterocycles. The maximum absolute atomic E-state index is 5.42. The Morgan fingerprint density at radius 3 is 2.69 bits per heavy atom. The van der Waals surface area contributed by atoms with Crippen molar-refractivity contribution in [2.75, 3.05) is 33.0 Å². The van der Waals surface area contributed by atoms with Gasteiger partial charge < -0.3 is 14.9 Å². The SMILES string of the molecule is CC[B]CCOCCOCCN1C=CNN1. The van der Waals surface area contributed by atoms with Crippen molar-refractivity contribution in [2.45, 2.75) is 19.6 Å². The molecule has 1 rings (SSSR count). The van der Waals surface area contributed by atoms with Crippen LogP contribution in [-0.2, 0) is 9.47 Å². The summed E-state index contributed by atoms with van der Waals surface area (Å²) in [4.78, 5) is 0. The Kier molecular flexibility index (Phi) is 7.93. The van der Waals surface area contributed by atoms with E-state index in [1.54, 1.807) is 0 Å². The number of nitrogens with zero attached hydrogens (tertiary/aromatic N) is 1. The summed E-state index contributed by atoms with van der Waals surface area (Å²) >= 11 is 0. The molecule has 0 unspecified atom stereocenters. The number of nitrogens with one attached hydrogen (secondary N) is 2. The molecule has 0 spiro atoms. The van der Waals surface area contributed by atoms with E-state index in [0.717, 1.165) is 25.8 Å². The van der Waals surface area contributed by atoms with E-state index in [4.69, 9.17) is 9.47 Å². The van der Waals surface area contributed by atoms with Crippen LogP contribution >= 0.6 is 0 Å². The monoisotopic (exact) mass is 226 g/mol. The van der Waals surface area contributed by atoms with Gasteiger partial charge in [-0.15, -0.1) is 5.53 Å². The number of hydrogen-bond acceptors (Lipinski definition) is 5. The van der Waals surface area contributed by atoms with Crippen LogP contribution in [0.15, 0.2) is 12.4 Å². The first-order chi connectivity index (χ1) is 7.93.